The van der Waals surface area contributed by atoms with Crippen molar-refractivity contribution in [3.63, 3.8) is 0 Å². The van der Waals surface area contributed by atoms with Crippen molar-refractivity contribution in [2.75, 3.05) is 0 Å². The van der Waals surface area contributed by atoms with E-state index in [1.165, 1.54) is 25.1 Å². The lowest BCUT2D eigenvalue weighted by molar-refractivity contribution is -0.150. The highest BCUT2D eigenvalue weighted by molar-refractivity contribution is 5.90. The zero-order chi connectivity index (χ0) is 20.0. The smallest absolute Gasteiger partial charge is 0.416 e. The first-order chi connectivity index (χ1) is 12.7. The van der Waals surface area contributed by atoms with E-state index in [4.69, 9.17) is 4.74 Å². The van der Waals surface area contributed by atoms with Crippen LogP contribution in [0.4, 0.5) is 13.2 Å². The molecule has 1 aromatic carbocycles. The fourth-order valence-corrected chi connectivity index (χ4v) is 3.08. The molecule has 0 saturated heterocycles. The van der Waals surface area contributed by atoms with E-state index in [0.717, 1.165) is 43.9 Å². The second kappa shape index (κ2) is 9.06. The SMILES string of the molecule is C[C@H](OC(=O)/C=C/c1cccc(C(F)(F)F)c1)C(=O)N[C@@H]1CCCC[C@H]1C. The molecule has 0 heterocycles. The second-order valence-corrected chi connectivity index (χ2v) is 6.91. The molecule has 2 rings (SSSR count). The highest BCUT2D eigenvalue weighted by Crippen LogP contribution is 2.29. The number of esters is 1. The number of carbonyl (C=O) groups is 2. The van der Waals surface area contributed by atoms with Crippen molar-refractivity contribution in [3.05, 3.63) is 41.5 Å². The Labute approximate surface area is 156 Å². The third-order valence-corrected chi connectivity index (χ3v) is 4.73. The van der Waals surface area contributed by atoms with Gasteiger partial charge in [-0.2, -0.15) is 13.2 Å². The standard InChI is InChI=1S/C20H24F3NO3/c1-13-6-3-4-9-17(13)24-19(26)14(2)27-18(25)11-10-15-7-5-8-16(12-15)20(21,22)23/h5,7-8,10-14,17H,3-4,6,9H2,1-2H3,(H,24,26)/b11-10+/t13-,14+,17-/m1/s1. The summed E-state index contributed by atoms with van der Waals surface area (Å²) in [6.45, 7) is 3.55. The minimum absolute atomic E-state index is 0.0769. The van der Waals surface area contributed by atoms with Gasteiger partial charge in [-0.25, -0.2) is 4.79 Å². The lowest BCUT2D eigenvalue weighted by Gasteiger charge is -2.30. The minimum atomic E-state index is -4.45. The van der Waals surface area contributed by atoms with E-state index < -0.39 is 23.8 Å². The predicted octanol–water partition coefficient (Wildman–Crippen LogP) is 4.35. The lowest BCUT2D eigenvalue weighted by atomic mass is 9.86. The fourth-order valence-electron chi connectivity index (χ4n) is 3.08. The molecule has 148 valence electrons. The summed E-state index contributed by atoms with van der Waals surface area (Å²) in [5.74, 6) is -0.771. The van der Waals surface area contributed by atoms with Gasteiger partial charge in [0.25, 0.3) is 5.91 Å². The van der Waals surface area contributed by atoms with Crippen LogP contribution in [0.15, 0.2) is 30.3 Å². The Morgan fingerprint density at radius 2 is 1.96 bits per heavy atom. The number of rotatable bonds is 5. The summed E-state index contributed by atoms with van der Waals surface area (Å²) in [5, 5.41) is 2.91. The molecule has 3 atom stereocenters. The number of hydrogen-bond donors (Lipinski definition) is 1. The van der Waals surface area contributed by atoms with Gasteiger partial charge in [0.05, 0.1) is 5.56 Å². The monoisotopic (exact) mass is 383 g/mol. The first kappa shape index (κ1) is 21.0. The van der Waals surface area contributed by atoms with Crippen LogP contribution in [0.1, 0.15) is 50.7 Å². The molecule has 1 saturated carbocycles. The molecular weight excluding hydrogens is 359 g/mol. The van der Waals surface area contributed by atoms with Crippen LogP contribution in [0.25, 0.3) is 6.08 Å². The molecule has 0 aliphatic heterocycles. The second-order valence-electron chi connectivity index (χ2n) is 6.91. The van der Waals surface area contributed by atoms with Crippen molar-refractivity contribution >= 4 is 18.0 Å². The summed E-state index contributed by atoms with van der Waals surface area (Å²) < 4.78 is 43.1. The largest absolute Gasteiger partial charge is 0.449 e. The number of benzene rings is 1. The molecule has 1 aliphatic rings. The van der Waals surface area contributed by atoms with E-state index in [0.29, 0.717) is 5.92 Å². The summed E-state index contributed by atoms with van der Waals surface area (Å²) >= 11 is 0. The average molecular weight is 383 g/mol. The van der Waals surface area contributed by atoms with E-state index in [1.807, 2.05) is 0 Å². The number of carbonyl (C=O) groups excluding carboxylic acids is 2. The van der Waals surface area contributed by atoms with Gasteiger partial charge in [0.15, 0.2) is 6.10 Å². The molecule has 27 heavy (non-hydrogen) atoms. The van der Waals surface area contributed by atoms with Crippen molar-refractivity contribution in [1.29, 1.82) is 0 Å². The summed E-state index contributed by atoms with van der Waals surface area (Å²) in [7, 11) is 0. The number of hydrogen-bond acceptors (Lipinski definition) is 3. The van der Waals surface area contributed by atoms with Gasteiger partial charge in [0.2, 0.25) is 0 Å². The van der Waals surface area contributed by atoms with Crippen molar-refractivity contribution in [1.82, 2.24) is 5.32 Å². The molecule has 1 aromatic rings. The van der Waals surface area contributed by atoms with Gasteiger partial charge < -0.3 is 10.1 Å². The highest BCUT2D eigenvalue weighted by Gasteiger charge is 2.30. The van der Waals surface area contributed by atoms with Crippen LogP contribution in [0.5, 0.6) is 0 Å². The number of amides is 1. The predicted molar refractivity (Wildman–Crippen MR) is 95.6 cm³/mol. The van der Waals surface area contributed by atoms with E-state index >= 15 is 0 Å². The van der Waals surface area contributed by atoms with Gasteiger partial charge in [0, 0.05) is 12.1 Å². The van der Waals surface area contributed by atoms with Crippen LogP contribution in [0, 0.1) is 5.92 Å². The zero-order valence-electron chi connectivity index (χ0n) is 15.4. The Bertz CT molecular complexity index is 700. The molecule has 4 nitrogen and oxygen atoms in total. The van der Waals surface area contributed by atoms with Gasteiger partial charge in [-0.05, 0) is 49.5 Å². The third kappa shape index (κ3) is 6.41. The third-order valence-electron chi connectivity index (χ3n) is 4.73. The first-order valence-corrected chi connectivity index (χ1v) is 9.03. The molecule has 1 fully saturated rings. The highest BCUT2D eigenvalue weighted by atomic mass is 19.4. The molecule has 0 radical (unpaired) electrons. The molecule has 0 aromatic heterocycles. The van der Waals surface area contributed by atoms with Crippen LogP contribution in [0.3, 0.4) is 0 Å². The Balaban J connectivity index is 1.89. The van der Waals surface area contributed by atoms with Gasteiger partial charge in [0.1, 0.15) is 0 Å². The summed E-state index contributed by atoms with van der Waals surface area (Å²) in [5.41, 5.74) is -0.581. The number of ether oxygens (including phenoxy) is 1. The molecular formula is C20H24F3NO3. The maximum atomic E-state index is 12.7. The van der Waals surface area contributed by atoms with Crippen molar-refractivity contribution in [2.24, 2.45) is 5.92 Å². The Kier molecular flexibility index (Phi) is 7.05. The van der Waals surface area contributed by atoms with Crippen LogP contribution in [0.2, 0.25) is 0 Å². The van der Waals surface area contributed by atoms with Crippen LogP contribution in [-0.2, 0) is 20.5 Å². The van der Waals surface area contributed by atoms with Crippen molar-refractivity contribution in [3.8, 4) is 0 Å². The molecule has 1 N–H and O–H groups in total. The van der Waals surface area contributed by atoms with Crippen molar-refractivity contribution < 1.29 is 27.5 Å². The molecule has 0 spiro atoms. The minimum Gasteiger partial charge on any atom is -0.449 e. The fraction of sp³-hybridized carbons (Fsp3) is 0.500. The zero-order valence-corrected chi connectivity index (χ0v) is 15.4. The van der Waals surface area contributed by atoms with Gasteiger partial charge >= 0.3 is 12.1 Å². The number of halogens is 3. The van der Waals surface area contributed by atoms with Gasteiger partial charge in [-0.3, -0.25) is 4.79 Å². The summed E-state index contributed by atoms with van der Waals surface area (Å²) in [6.07, 6.45) is 0.989. The molecule has 7 heteroatoms. The molecule has 0 unspecified atom stereocenters. The molecule has 1 aliphatic carbocycles. The first-order valence-electron chi connectivity index (χ1n) is 9.03. The number of nitrogens with one attached hydrogen (secondary N) is 1. The maximum absolute atomic E-state index is 12.7. The Morgan fingerprint density at radius 3 is 2.63 bits per heavy atom. The van der Waals surface area contributed by atoms with Crippen molar-refractivity contribution in [2.45, 2.75) is 57.9 Å². The topological polar surface area (TPSA) is 55.4 Å². The van der Waals surface area contributed by atoms with E-state index in [9.17, 15) is 22.8 Å². The molecule has 0 bridgehead atoms. The van der Waals surface area contributed by atoms with E-state index in [-0.39, 0.29) is 17.5 Å². The Morgan fingerprint density at radius 1 is 1.26 bits per heavy atom. The lowest BCUT2D eigenvalue weighted by Crippen LogP contribution is -2.45. The summed E-state index contributed by atoms with van der Waals surface area (Å²) in [6, 6.07) is 4.67. The van der Waals surface area contributed by atoms with Crippen LogP contribution < -0.4 is 5.32 Å². The van der Waals surface area contributed by atoms with Gasteiger partial charge in [-0.1, -0.05) is 31.9 Å². The van der Waals surface area contributed by atoms with Crippen LogP contribution >= 0.6 is 0 Å². The number of alkyl halides is 3. The average Bonchev–Trinajstić information content (AvgIpc) is 2.61. The van der Waals surface area contributed by atoms with Gasteiger partial charge in [-0.15, -0.1) is 0 Å². The quantitative estimate of drug-likeness (QED) is 0.608. The normalized spacial score (nSPS) is 21.7. The van der Waals surface area contributed by atoms with E-state index in [2.05, 4.69) is 12.2 Å². The maximum Gasteiger partial charge on any atom is 0.416 e. The van der Waals surface area contributed by atoms with E-state index in [1.54, 1.807) is 0 Å². The Hall–Kier alpha value is -2.31. The summed E-state index contributed by atoms with van der Waals surface area (Å²) in [4.78, 5) is 24.0. The molecule has 1 amide bonds. The van der Waals surface area contributed by atoms with Crippen LogP contribution in [-0.4, -0.2) is 24.0 Å².